The number of thiophene rings is 1. The van der Waals surface area contributed by atoms with Crippen molar-refractivity contribution in [2.45, 2.75) is 57.2 Å². The zero-order chi connectivity index (χ0) is 38.5. The van der Waals surface area contributed by atoms with Crippen molar-refractivity contribution in [3.05, 3.63) is 80.3 Å². The topological polar surface area (TPSA) is 151 Å². The molecule has 54 heavy (non-hydrogen) atoms. The fraction of sp³-hybridized carbons (Fsp3) is 0.378. The molecule has 1 saturated carbocycles. The van der Waals surface area contributed by atoms with Gasteiger partial charge in [-0.1, -0.05) is 11.6 Å². The lowest BCUT2D eigenvalue weighted by atomic mass is 9.85. The van der Waals surface area contributed by atoms with Crippen molar-refractivity contribution in [3.63, 3.8) is 0 Å². The number of sulfonamides is 1. The molecular weight excluding hydrogens is 760 g/mol. The number of carbonyl (C=O) groups excluding carboxylic acids is 1. The maximum absolute atomic E-state index is 14.1. The van der Waals surface area contributed by atoms with E-state index >= 15 is 0 Å². The number of aryl methyl sites for hydroxylation is 1. The summed E-state index contributed by atoms with van der Waals surface area (Å²) in [6, 6.07) is 10.8. The van der Waals surface area contributed by atoms with Crippen LogP contribution in [0.5, 0.6) is 5.75 Å². The van der Waals surface area contributed by atoms with Crippen LogP contribution in [0.1, 0.15) is 47.3 Å². The molecule has 7 rings (SSSR count). The minimum Gasteiger partial charge on any atom is -0.491 e. The molecule has 5 aromatic rings. The van der Waals surface area contributed by atoms with Gasteiger partial charge in [-0.05, 0) is 50.1 Å². The van der Waals surface area contributed by atoms with Gasteiger partial charge in [-0.15, -0.1) is 11.3 Å². The molecule has 1 saturated heterocycles. The monoisotopic (exact) mass is 795 g/mol. The molecule has 0 radical (unpaired) electrons. The largest absolute Gasteiger partial charge is 0.491 e. The number of likely N-dealkylation sites (tertiary alicyclic amines) is 1. The summed E-state index contributed by atoms with van der Waals surface area (Å²) >= 11 is 7.64. The highest BCUT2D eigenvalue weighted by molar-refractivity contribution is 7.89. The van der Waals surface area contributed by atoms with Crippen molar-refractivity contribution in [1.82, 2.24) is 24.2 Å². The number of rotatable bonds is 10. The molecule has 2 aliphatic rings. The van der Waals surface area contributed by atoms with E-state index in [9.17, 15) is 32.0 Å². The van der Waals surface area contributed by atoms with Gasteiger partial charge in [0.15, 0.2) is 0 Å². The molecule has 5 heterocycles. The van der Waals surface area contributed by atoms with E-state index in [0.29, 0.717) is 62.1 Å². The quantitative estimate of drug-likeness (QED) is 0.179. The Bertz CT molecular complexity index is 2500. The van der Waals surface area contributed by atoms with E-state index in [1.807, 2.05) is 22.7 Å². The van der Waals surface area contributed by atoms with Crippen LogP contribution >= 0.6 is 22.9 Å². The van der Waals surface area contributed by atoms with Crippen molar-refractivity contribution < 1.29 is 26.7 Å². The molecule has 17 heteroatoms. The molecule has 0 spiro atoms. The van der Waals surface area contributed by atoms with Gasteiger partial charge in [-0.2, -0.15) is 5.26 Å². The fourth-order valence-electron chi connectivity index (χ4n) is 7.42. The highest BCUT2D eigenvalue weighted by atomic mass is 35.5. The summed E-state index contributed by atoms with van der Waals surface area (Å²) in [6.45, 7) is 3.38. The normalized spacial score (nSPS) is 16.6. The van der Waals surface area contributed by atoms with E-state index in [2.05, 4.69) is 20.9 Å². The third-order valence-electron chi connectivity index (χ3n) is 10.2. The van der Waals surface area contributed by atoms with Crippen molar-refractivity contribution in [2.24, 2.45) is 0 Å². The predicted octanol–water partition coefficient (Wildman–Crippen LogP) is 5.97. The summed E-state index contributed by atoms with van der Waals surface area (Å²) in [4.78, 5) is 39.8. The minimum atomic E-state index is -3.79. The molecule has 1 N–H and O–H groups in total. The second-order valence-corrected chi connectivity index (χ2v) is 16.9. The van der Waals surface area contributed by atoms with Gasteiger partial charge in [0.2, 0.25) is 10.0 Å². The number of nitrogens with zero attached hydrogens (tertiary/aromatic N) is 6. The number of pyridine rings is 3. The van der Waals surface area contributed by atoms with Crippen molar-refractivity contribution >= 4 is 65.7 Å². The lowest BCUT2D eigenvalue weighted by molar-refractivity contribution is -0.127. The van der Waals surface area contributed by atoms with Gasteiger partial charge in [-0.25, -0.2) is 26.9 Å². The van der Waals surface area contributed by atoms with Gasteiger partial charge in [0.25, 0.3) is 17.4 Å². The number of anilines is 1. The first-order valence-electron chi connectivity index (χ1n) is 17.2. The van der Waals surface area contributed by atoms with E-state index in [1.54, 1.807) is 47.3 Å². The van der Waals surface area contributed by atoms with E-state index < -0.39 is 21.9 Å². The maximum atomic E-state index is 14.1. The standard InChI is InChI=1S/C37H36ClF2N7O5S2/c1-21-14-22-19-43-34(45(2)24-7-10-46(11-8-24)25-16-37(39,40)17-25)28(18-41)31(22)36(49)47(21)12-13-52-30-5-4-23(38)15-27(30)26-6-9-42-32-29(20-53-33(26)32)35(48)44-54(3,50)51/h4-6,9,14-15,19-20,24-25H,7-8,10-13,16-17H2,1-3H3,(H,44,48). The number of halogens is 3. The highest BCUT2D eigenvalue weighted by Crippen LogP contribution is 2.42. The predicted molar refractivity (Wildman–Crippen MR) is 204 cm³/mol. The van der Waals surface area contributed by atoms with Crippen LogP contribution < -0.4 is 19.9 Å². The number of carbonyl (C=O) groups is 1. The second kappa shape index (κ2) is 14.5. The van der Waals surface area contributed by atoms with Gasteiger partial charge in [0.1, 0.15) is 29.8 Å². The molecule has 282 valence electrons. The van der Waals surface area contributed by atoms with Crippen LogP contribution in [0.3, 0.4) is 0 Å². The summed E-state index contributed by atoms with van der Waals surface area (Å²) in [6.07, 6.45) is 5.27. The number of piperidine rings is 1. The molecule has 1 amide bonds. The Morgan fingerprint density at radius 1 is 1.19 bits per heavy atom. The first kappa shape index (κ1) is 37.6. The lowest BCUT2D eigenvalue weighted by Crippen LogP contribution is -2.55. The molecule has 1 aromatic carbocycles. The zero-order valence-electron chi connectivity index (χ0n) is 29.6. The third kappa shape index (κ3) is 7.37. The Morgan fingerprint density at radius 3 is 2.61 bits per heavy atom. The molecule has 2 fully saturated rings. The maximum Gasteiger partial charge on any atom is 0.267 e. The Kier molecular flexibility index (Phi) is 10.1. The molecule has 4 aromatic heterocycles. The molecule has 1 aliphatic carbocycles. The SMILES string of the molecule is Cc1cc2cnc(N(C)C3CCN(C4CC(F)(F)C4)CC3)c(C#N)c2c(=O)n1CCOc1ccc(Cl)cc1-c1ccnc2c(C(=O)NS(C)(=O)=O)csc12. The van der Waals surface area contributed by atoms with Crippen molar-refractivity contribution in [1.29, 1.82) is 5.26 Å². The molecule has 12 nitrogen and oxygen atoms in total. The number of hydrogen-bond donors (Lipinski definition) is 1. The second-order valence-electron chi connectivity index (χ2n) is 13.8. The van der Waals surface area contributed by atoms with E-state index in [0.717, 1.165) is 19.1 Å². The number of ether oxygens (including phenoxy) is 1. The Hall–Kier alpha value is -4.69. The molecule has 0 bridgehead atoms. The Balaban J connectivity index is 1.12. The van der Waals surface area contributed by atoms with Gasteiger partial charge in [0.05, 0.1) is 34.0 Å². The van der Waals surface area contributed by atoms with Gasteiger partial charge in [0, 0.05) is 90.1 Å². The van der Waals surface area contributed by atoms with Crippen LogP contribution in [-0.2, 0) is 16.6 Å². The molecule has 1 aliphatic heterocycles. The van der Waals surface area contributed by atoms with Crippen LogP contribution in [0.4, 0.5) is 14.6 Å². The zero-order valence-corrected chi connectivity index (χ0v) is 32.0. The lowest BCUT2D eigenvalue weighted by Gasteiger charge is -2.46. The summed E-state index contributed by atoms with van der Waals surface area (Å²) in [5, 5.41) is 13.1. The summed E-state index contributed by atoms with van der Waals surface area (Å²) in [5.74, 6) is -2.50. The van der Waals surface area contributed by atoms with Crippen LogP contribution in [0.2, 0.25) is 5.02 Å². The number of aromatic nitrogens is 3. The van der Waals surface area contributed by atoms with Crippen LogP contribution in [-0.4, -0.2) is 84.8 Å². The fourth-order valence-corrected chi connectivity index (χ4v) is 9.07. The highest BCUT2D eigenvalue weighted by Gasteiger charge is 2.48. The van der Waals surface area contributed by atoms with Gasteiger partial charge < -0.3 is 14.2 Å². The molecule has 0 atom stereocenters. The van der Waals surface area contributed by atoms with Crippen LogP contribution in [0.15, 0.2) is 52.9 Å². The average molecular weight is 796 g/mol. The number of fused-ring (bicyclic) bond motifs is 2. The van der Waals surface area contributed by atoms with E-state index in [1.165, 1.54) is 17.5 Å². The summed E-state index contributed by atoms with van der Waals surface area (Å²) in [7, 11) is -1.93. The van der Waals surface area contributed by atoms with E-state index in [-0.39, 0.29) is 60.1 Å². The van der Waals surface area contributed by atoms with Gasteiger partial charge in [-0.3, -0.25) is 19.5 Å². The number of nitrogens with one attached hydrogen (secondary N) is 1. The smallest absolute Gasteiger partial charge is 0.267 e. The average Bonchev–Trinajstić information content (AvgIpc) is 3.56. The Morgan fingerprint density at radius 2 is 1.93 bits per heavy atom. The third-order valence-corrected chi connectivity index (χ3v) is 12.0. The van der Waals surface area contributed by atoms with Crippen molar-refractivity contribution in [3.8, 4) is 22.9 Å². The molecular formula is C37H36ClF2N7O5S2. The van der Waals surface area contributed by atoms with E-state index in [4.69, 9.17) is 16.3 Å². The van der Waals surface area contributed by atoms with Crippen molar-refractivity contribution in [2.75, 3.05) is 37.9 Å². The van der Waals surface area contributed by atoms with Crippen LogP contribution in [0, 0.1) is 18.3 Å². The Labute approximate surface area is 319 Å². The molecule has 0 unspecified atom stereocenters. The minimum absolute atomic E-state index is 0.0283. The van der Waals surface area contributed by atoms with Gasteiger partial charge >= 0.3 is 0 Å². The number of nitriles is 1. The summed E-state index contributed by atoms with van der Waals surface area (Å²) in [5.41, 5.74) is 2.19. The first-order chi connectivity index (χ1) is 25.6. The van der Waals surface area contributed by atoms with Crippen LogP contribution in [0.25, 0.3) is 32.1 Å². The number of amides is 1. The first-order valence-corrected chi connectivity index (χ1v) is 20.4. The number of alkyl halides is 2. The number of benzene rings is 1. The number of hydrogen-bond acceptors (Lipinski definition) is 11. The summed E-state index contributed by atoms with van der Waals surface area (Å²) < 4.78 is 60.8.